The Morgan fingerprint density at radius 1 is 1.21 bits per heavy atom. The van der Waals surface area contributed by atoms with Crippen LogP contribution in [0, 0.1) is 11.8 Å². The molecule has 1 heterocycles. The van der Waals surface area contributed by atoms with Crippen LogP contribution in [0.4, 0.5) is 0 Å². The number of fused-ring (bicyclic) bond motifs is 1. The van der Waals surface area contributed by atoms with Crippen LogP contribution in [0.25, 0.3) is 0 Å². The van der Waals surface area contributed by atoms with Crippen molar-refractivity contribution in [3.8, 4) is 5.75 Å². The number of carbonyl (C=O) groups is 1. The second-order valence-electron chi connectivity index (χ2n) is 7.63. The summed E-state index contributed by atoms with van der Waals surface area (Å²) in [5, 5.41) is 0. The molecule has 0 amide bonds. The van der Waals surface area contributed by atoms with Gasteiger partial charge in [-0.05, 0) is 42.9 Å². The minimum absolute atomic E-state index is 0.255. The number of benzene rings is 1. The van der Waals surface area contributed by atoms with Gasteiger partial charge in [0.2, 0.25) is 0 Å². The summed E-state index contributed by atoms with van der Waals surface area (Å²) in [6.07, 6.45) is 6.66. The number of methoxy groups -OCH3 is 1. The van der Waals surface area contributed by atoms with Crippen LogP contribution < -0.4 is 4.74 Å². The zero-order valence-corrected chi connectivity index (χ0v) is 15.3. The number of Topliss-reactive ketones (excluding diaryl/α,β-unsaturated/α-hetero) is 1. The standard InChI is InChI=1S/C21H31NO2/c1-4-6-17-13-20(23)21-15(2)7-5-8-19(21)22(17)14-16-9-11-18(24-3)12-10-16/h9-12,15,17,19,21H,4-8,13-14H2,1-3H3/t15-,17-,19-,21-/m1/s1. The van der Waals surface area contributed by atoms with Gasteiger partial charge in [0.05, 0.1) is 7.11 Å². The van der Waals surface area contributed by atoms with Crippen molar-refractivity contribution in [1.82, 2.24) is 4.90 Å². The van der Waals surface area contributed by atoms with E-state index < -0.39 is 0 Å². The predicted octanol–water partition coefficient (Wildman–Crippen LogP) is 4.44. The van der Waals surface area contributed by atoms with Crippen molar-refractivity contribution in [2.24, 2.45) is 11.8 Å². The Morgan fingerprint density at radius 2 is 1.96 bits per heavy atom. The van der Waals surface area contributed by atoms with Gasteiger partial charge in [0.25, 0.3) is 0 Å². The molecular weight excluding hydrogens is 298 g/mol. The molecule has 2 fully saturated rings. The highest BCUT2D eigenvalue weighted by Crippen LogP contribution is 2.41. The molecule has 0 spiro atoms. The number of likely N-dealkylation sites (tertiary alicyclic amines) is 1. The summed E-state index contributed by atoms with van der Waals surface area (Å²) in [7, 11) is 1.70. The van der Waals surface area contributed by atoms with Crippen LogP contribution in [-0.2, 0) is 11.3 Å². The zero-order valence-electron chi connectivity index (χ0n) is 15.3. The smallest absolute Gasteiger partial charge is 0.139 e. The summed E-state index contributed by atoms with van der Waals surface area (Å²) in [5.74, 6) is 2.22. The number of hydrogen-bond acceptors (Lipinski definition) is 3. The lowest BCUT2D eigenvalue weighted by atomic mass is 9.69. The van der Waals surface area contributed by atoms with Crippen LogP contribution in [0.2, 0.25) is 0 Å². The number of piperidine rings is 1. The van der Waals surface area contributed by atoms with Crippen molar-refractivity contribution in [2.75, 3.05) is 7.11 Å². The molecule has 1 saturated heterocycles. The van der Waals surface area contributed by atoms with Gasteiger partial charge in [-0.2, -0.15) is 0 Å². The number of nitrogens with zero attached hydrogens (tertiary/aromatic N) is 1. The molecule has 1 aromatic rings. The summed E-state index contributed by atoms with van der Waals surface area (Å²) in [6, 6.07) is 9.27. The van der Waals surface area contributed by atoms with E-state index in [9.17, 15) is 4.79 Å². The highest BCUT2D eigenvalue weighted by molar-refractivity contribution is 5.83. The molecule has 0 aromatic heterocycles. The van der Waals surface area contributed by atoms with Gasteiger partial charge >= 0.3 is 0 Å². The topological polar surface area (TPSA) is 29.5 Å². The molecule has 0 bridgehead atoms. The number of ketones is 1. The van der Waals surface area contributed by atoms with E-state index in [1.54, 1.807) is 7.11 Å². The van der Waals surface area contributed by atoms with E-state index in [0.29, 0.717) is 23.8 Å². The first-order valence-electron chi connectivity index (χ1n) is 9.55. The zero-order chi connectivity index (χ0) is 17.1. The molecule has 2 aliphatic rings. The summed E-state index contributed by atoms with van der Waals surface area (Å²) in [6.45, 7) is 5.46. The van der Waals surface area contributed by atoms with Gasteiger partial charge in [-0.1, -0.05) is 38.8 Å². The van der Waals surface area contributed by atoms with E-state index in [-0.39, 0.29) is 5.92 Å². The monoisotopic (exact) mass is 329 g/mol. The third-order valence-corrected chi connectivity index (χ3v) is 6.04. The average molecular weight is 329 g/mol. The molecule has 0 N–H and O–H groups in total. The fraction of sp³-hybridized carbons (Fsp3) is 0.667. The lowest BCUT2D eigenvalue weighted by Crippen LogP contribution is -2.57. The first-order valence-corrected chi connectivity index (χ1v) is 9.55. The highest BCUT2D eigenvalue weighted by Gasteiger charge is 2.45. The average Bonchev–Trinajstić information content (AvgIpc) is 2.59. The van der Waals surface area contributed by atoms with E-state index in [2.05, 4.69) is 30.9 Å². The van der Waals surface area contributed by atoms with Crippen LogP contribution in [0.3, 0.4) is 0 Å². The molecule has 132 valence electrons. The Kier molecular flexibility index (Phi) is 5.60. The Hall–Kier alpha value is -1.35. The molecular formula is C21H31NO2. The van der Waals surface area contributed by atoms with Crippen LogP contribution >= 0.6 is 0 Å². The van der Waals surface area contributed by atoms with Crippen LogP contribution in [0.5, 0.6) is 5.75 Å². The van der Waals surface area contributed by atoms with Gasteiger partial charge in [-0.3, -0.25) is 9.69 Å². The quantitative estimate of drug-likeness (QED) is 0.799. The van der Waals surface area contributed by atoms with Crippen LogP contribution in [0.15, 0.2) is 24.3 Å². The lowest BCUT2D eigenvalue weighted by molar-refractivity contribution is -0.137. The van der Waals surface area contributed by atoms with E-state index >= 15 is 0 Å². The molecule has 0 radical (unpaired) electrons. The van der Waals surface area contributed by atoms with Gasteiger partial charge in [0.15, 0.2) is 0 Å². The lowest BCUT2D eigenvalue weighted by Gasteiger charge is -2.50. The number of carbonyl (C=O) groups excluding carboxylic acids is 1. The van der Waals surface area contributed by atoms with Gasteiger partial charge in [-0.25, -0.2) is 0 Å². The summed E-state index contributed by atoms with van der Waals surface area (Å²) in [5.41, 5.74) is 1.32. The highest BCUT2D eigenvalue weighted by atomic mass is 16.5. The van der Waals surface area contributed by atoms with Gasteiger partial charge in [0, 0.05) is 31.0 Å². The van der Waals surface area contributed by atoms with Crippen molar-refractivity contribution in [3.05, 3.63) is 29.8 Å². The van der Waals surface area contributed by atoms with Crippen LogP contribution in [-0.4, -0.2) is 29.9 Å². The second kappa shape index (κ2) is 7.69. The minimum atomic E-state index is 0.255. The second-order valence-corrected chi connectivity index (χ2v) is 7.63. The van der Waals surface area contributed by atoms with Gasteiger partial charge < -0.3 is 4.74 Å². The summed E-state index contributed by atoms with van der Waals surface area (Å²) < 4.78 is 5.27. The van der Waals surface area contributed by atoms with E-state index in [0.717, 1.165) is 31.6 Å². The normalized spacial score (nSPS) is 30.9. The molecule has 1 saturated carbocycles. The molecule has 1 aromatic carbocycles. The summed E-state index contributed by atoms with van der Waals surface area (Å²) >= 11 is 0. The first-order chi connectivity index (χ1) is 11.6. The van der Waals surface area contributed by atoms with E-state index in [4.69, 9.17) is 4.74 Å². The van der Waals surface area contributed by atoms with Crippen molar-refractivity contribution < 1.29 is 9.53 Å². The van der Waals surface area contributed by atoms with Gasteiger partial charge in [-0.15, -0.1) is 0 Å². The Morgan fingerprint density at radius 3 is 2.62 bits per heavy atom. The molecule has 24 heavy (non-hydrogen) atoms. The van der Waals surface area contributed by atoms with Crippen molar-refractivity contribution in [2.45, 2.75) is 71.0 Å². The Bertz CT molecular complexity index is 553. The maximum atomic E-state index is 12.8. The Balaban J connectivity index is 1.83. The van der Waals surface area contributed by atoms with Crippen molar-refractivity contribution in [3.63, 3.8) is 0 Å². The third kappa shape index (κ3) is 3.51. The first kappa shape index (κ1) is 17.5. The van der Waals surface area contributed by atoms with Gasteiger partial charge in [0.1, 0.15) is 11.5 Å². The molecule has 0 unspecified atom stereocenters. The fourth-order valence-corrected chi connectivity index (χ4v) is 4.84. The van der Waals surface area contributed by atoms with E-state index in [1.807, 2.05) is 12.1 Å². The number of hydrogen-bond donors (Lipinski definition) is 0. The number of ether oxygens (including phenoxy) is 1. The third-order valence-electron chi connectivity index (χ3n) is 6.04. The molecule has 1 aliphatic carbocycles. The molecule has 3 nitrogen and oxygen atoms in total. The maximum Gasteiger partial charge on any atom is 0.139 e. The summed E-state index contributed by atoms with van der Waals surface area (Å²) in [4.78, 5) is 15.4. The molecule has 4 atom stereocenters. The minimum Gasteiger partial charge on any atom is -0.497 e. The molecule has 1 aliphatic heterocycles. The molecule has 3 rings (SSSR count). The van der Waals surface area contributed by atoms with E-state index in [1.165, 1.54) is 24.8 Å². The Labute approximate surface area is 146 Å². The fourth-order valence-electron chi connectivity index (χ4n) is 4.84. The van der Waals surface area contributed by atoms with Crippen molar-refractivity contribution in [1.29, 1.82) is 0 Å². The van der Waals surface area contributed by atoms with Crippen molar-refractivity contribution >= 4 is 5.78 Å². The maximum absolute atomic E-state index is 12.8. The van der Waals surface area contributed by atoms with Crippen LogP contribution in [0.1, 0.15) is 57.9 Å². The predicted molar refractivity (Wildman–Crippen MR) is 97.2 cm³/mol. The SMILES string of the molecule is CCC[C@@H]1CC(=O)[C@@H]2[C@H](C)CCC[C@H]2N1Cc1ccc(OC)cc1. The largest absolute Gasteiger partial charge is 0.497 e. The molecule has 3 heteroatoms. The number of rotatable bonds is 5.